The van der Waals surface area contributed by atoms with E-state index in [9.17, 15) is 0 Å². The van der Waals surface area contributed by atoms with Gasteiger partial charge in [-0.25, -0.2) is 0 Å². The molecular formula is C34H25NO. The molecular weight excluding hydrogens is 438 g/mol. The molecule has 1 aliphatic carbocycles. The van der Waals surface area contributed by atoms with Gasteiger partial charge in [-0.05, 0) is 52.9 Å². The Kier molecular flexibility index (Phi) is 4.96. The van der Waals surface area contributed by atoms with E-state index in [1.807, 2.05) is 0 Å². The average molecular weight is 464 g/mol. The molecule has 2 atom stereocenters. The number of allylic oxidation sites excluding steroid dienone is 2. The molecule has 2 aliphatic rings. The fourth-order valence-electron chi connectivity index (χ4n) is 5.68. The summed E-state index contributed by atoms with van der Waals surface area (Å²) in [6.45, 7) is 0. The van der Waals surface area contributed by atoms with Crippen LogP contribution < -0.4 is 9.64 Å². The molecule has 1 heterocycles. The maximum Gasteiger partial charge on any atom is 0.138 e. The molecule has 36 heavy (non-hydrogen) atoms. The highest BCUT2D eigenvalue weighted by Gasteiger charge is 2.41. The van der Waals surface area contributed by atoms with Gasteiger partial charge in [0.2, 0.25) is 0 Å². The van der Waals surface area contributed by atoms with Gasteiger partial charge in [-0.3, -0.25) is 0 Å². The lowest BCUT2D eigenvalue weighted by molar-refractivity contribution is 0.419. The van der Waals surface area contributed by atoms with Gasteiger partial charge in [0.1, 0.15) is 11.5 Å². The van der Waals surface area contributed by atoms with Crippen LogP contribution in [0, 0.1) is 0 Å². The first kappa shape index (κ1) is 20.8. The van der Waals surface area contributed by atoms with E-state index in [4.69, 9.17) is 4.74 Å². The fraction of sp³-hybridized carbons (Fsp3) is 0.0588. The van der Waals surface area contributed by atoms with Crippen LogP contribution in [0.15, 0.2) is 145 Å². The van der Waals surface area contributed by atoms with Crippen molar-refractivity contribution >= 4 is 22.1 Å². The van der Waals surface area contributed by atoms with Gasteiger partial charge in [-0.15, -0.1) is 0 Å². The summed E-state index contributed by atoms with van der Waals surface area (Å²) in [4.78, 5) is 2.43. The minimum Gasteiger partial charge on any atom is -0.460 e. The highest BCUT2D eigenvalue weighted by molar-refractivity contribution is 6.02. The molecule has 0 radical (unpaired) electrons. The van der Waals surface area contributed by atoms with Crippen molar-refractivity contribution < 1.29 is 4.74 Å². The highest BCUT2D eigenvalue weighted by Crippen LogP contribution is 2.52. The summed E-state index contributed by atoms with van der Waals surface area (Å²) in [5.41, 5.74) is 6.04. The van der Waals surface area contributed by atoms with Crippen LogP contribution in [0.5, 0.6) is 5.75 Å². The average Bonchev–Trinajstić information content (AvgIpc) is 3.34. The fourth-order valence-corrected chi connectivity index (χ4v) is 5.68. The Bertz CT molecular complexity index is 1560. The zero-order chi connectivity index (χ0) is 23.9. The second kappa shape index (κ2) is 8.58. The number of nitrogens with zero attached hydrogens (tertiary/aromatic N) is 1. The number of benzene rings is 5. The summed E-state index contributed by atoms with van der Waals surface area (Å²) in [5, 5.41) is 2.38. The van der Waals surface area contributed by atoms with Gasteiger partial charge < -0.3 is 9.64 Å². The van der Waals surface area contributed by atoms with E-state index >= 15 is 0 Å². The monoisotopic (exact) mass is 463 g/mol. The lowest BCUT2D eigenvalue weighted by Gasteiger charge is -2.37. The zero-order valence-corrected chi connectivity index (χ0v) is 19.8. The van der Waals surface area contributed by atoms with E-state index in [1.54, 1.807) is 0 Å². The van der Waals surface area contributed by atoms with Gasteiger partial charge >= 0.3 is 0 Å². The van der Waals surface area contributed by atoms with Crippen LogP contribution in [-0.4, -0.2) is 6.04 Å². The normalized spacial score (nSPS) is 17.7. The van der Waals surface area contributed by atoms with Crippen molar-refractivity contribution in [2.75, 3.05) is 4.90 Å². The molecule has 0 aromatic heterocycles. The SMILES string of the molecule is C1=CC(N(c2ccccc2)c2ccccc2)C2C(=C1)Oc1c2cc(-c2ccccc2)c2ccccc12. The molecule has 1 aliphatic heterocycles. The van der Waals surface area contributed by atoms with Crippen LogP contribution in [0.1, 0.15) is 11.5 Å². The molecule has 172 valence electrons. The van der Waals surface area contributed by atoms with Gasteiger partial charge in [-0.1, -0.05) is 103 Å². The lowest BCUT2D eigenvalue weighted by Crippen LogP contribution is -2.36. The second-order valence-corrected chi connectivity index (χ2v) is 9.32. The van der Waals surface area contributed by atoms with Crippen LogP contribution >= 0.6 is 0 Å². The maximum atomic E-state index is 6.65. The molecule has 2 nitrogen and oxygen atoms in total. The molecule has 2 heteroatoms. The van der Waals surface area contributed by atoms with Crippen LogP contribution in [0.3, 0.4) is 0 Å². The first-order chi connectivity index (χ1) is 17.9. The van der Waals surface area contributed by atoms with Gasteiger partial charge in [0.15, 0.2) is 0 Å². The lowest BCUT2D eigenvalue weighted by atomic mass is 9.83. The van der Waals surface area contributed by atoms with E-state index in [1.165, 1.54) is 22.1 Å². The van der Waals surface area contributed by atoms with Crippen molar-refractivity contribution in [3.8, 4) is 16.9 Å². The Hall–Kier alpha value is -4.56. The van der Waals surface area contributed by atoms with Crippen LogP contribution in [0.25, 0.3) is 21.9 Å². The maximum absolute atomic E-state index is 6.65. The topological polar surface area (TPSA) is 12.5 Å². The quantitative estimate of drug-likeness (QED) is 0.264. The zero-order valence-electron chi connectivity index (χ0n) is 19.8. The standard InChI is InChI=1S/C34H25NO/c1-4-13-24(14-5-1)29-23-30-33-31(35(25-15-6-2-7-16-25)26-17-8-3-9-18-26)21-12-22-32(33)36-34(30)28-20-11-10-19-27(28)29/h1-23,31,33H. The molecule has 0 fully saturated rings. The molecule has 7 rings (SSSR count). The molecule has 0 bridgehead atoms. The number of para-hydroxylation sites is 2. The van der Waals surface area contributed by atoms with Crippen LogP contribution in [0.2, 0.25) is 0 Å². The van der Waals surface area contributed by atoms with Gasteiger partial charge in [-0.2, -0.15) is 0 Å². The summed E-state index contributed by atoms with van der Waals surface area (Å²) >= 11 is 0. The third-order valence-electron chi connectivity index (χ3n) is 7.25. The molecule has 5 aromatic carbocycles. The number of hydrogen-bond acceptors (Lipinski definition) is 2. The van der Waals surface area contributed by atoms with Crippen molar-refractivity contribution in [3.05, 3.63) is 151 Å². The summed E-state index contributed by atoms with van der Waals surface area (Å²) in [5.74, 6) is 2.07. The van der Waals surface area contributed by atoms with Gasteiger partial charge in [0.05, 0.1) is 12.0 Å². The minimum absolute atomic E-state index is 0.0702. The van der Waals surface area contributed by atoms with Crippen molar-refractivity contribution in [2.45, 2.75) is 12.0 Å². The van der Waals surface area contributed by atoms with E-state index in [0.717, 1.165) is 28.3 Å². The molecule has 0 saturated heterocycles. The Morgan fingerprint density at radius 2 is 1.19 bits per heavy atom. The van der Waals surface area contributed by atoms with E-state index in [2.05, 4.69) is 144 Å². The van der Waals surface area contributed by atoms with Gasteiger partial charge in [0, 0.05) is 22.3 Å². The van der Waals surface area contributed by atoms with Crippen molar-refractivity contribution in [3.63, 3.8) is 0 Å². The highest BCUT2D eigenvalue weighted by atomic mass is 16.5. The first-order valence-electron chi connectivity index (χ1n) is 12.4. The van der Waals surface area contributed by atoms with Crippen LogP contribution in [-0.2, 0) is 0 Å². The third kappa shape index (κ3) is 3.34. The molecule has 5 aromatic rings. The largest absolute Gasteiger partial charge is 0.460 e. The molecule has 0 amide bonds. The summed E-state index contributed by atoms with van der Waals surface area (Å²) in [7, 11) is 0. The third-order valence-corrected chi connectivity index (χ3v) is 7.25. The minimum atomic E-state index is 0.0702. The van der Waals surface area contributed by atoms with E-state index in [-0.39, 0.29) is 12.0 Å². The molecule has 0 spiro atoms. The number of fused-ring (bicyclic) bond motifs is 5. The Morgan fingerprint density at radius 3 is 1.86 bits per heavy atom. The Morgan fingerprint density at radius 1 is 0.611 bits per heavy atom. The molecule has 2 unspecified atom stereocenters. The second-order valence-electron chi connectivity index (χ2n) is 9.32. The summed E-state index contributed by atoms with van der Waals surface area (Å²) in [6.07, 6.45) is 6.58. The smallest absolute Gasteiger partial charge is 0.138 e. The van der Waals surface area contributed by atoms with Gasteiger partial charge in [0.25, 0.3) is 0 Å². The number of ether oxygens (including phenoxy) is 1. The summed E-state index contributed by atoms with van der Waals surface area (Å²) < 4.78 is 6.65. The molecule has 0 saturated carbocycles. The Balaban J connectivity index is 1.45. The summed E-state index contributed by atoms with van der Waals surface area (Å²) in [6, 6.07) is 43.0. The Labute approximate surface area is 211 Å². The number of anilines is 2. The predicted molar refractivity (Wildman–Crippen MR) is 149 cm³/mol. The number of rotatable bonds is 4. The first-order valence-corrected chi connectivity index (χ1v) is 12.4. The van der Waals surface area contributed by atoms with Crippen molar-refractivity contribution in [1.29, 1.82) is 0 Å². The van der Waals surface area contributed by atoms with Crippen molar-refractivity contribution in [2.24, 2.45) is 0 Å². The van der Waals surface area contributed by atoms with Crippen LogP contribution in [0.4, 0.5) is 11.4 Å². The van der Waals surface area contributed by atoms with E-state index in [0.29, 0.717) is 0 Å². The predicted octanol–water partition coefficient (Wildman–Crippen LogP) is 8.64. The van der Waals surface area contributed by atoms with E-state index < -0.39 is 0 Å². The molecule has 0 N–H and O–H groups in total. The number of hydrogen-bond donors (Lipinski definition) is 0. The van der Waals surface area contributed by atoms with Crippen molar-refractivity contribution in [1.82, 2.24) is 0 Å².